The second-order valence-electron chi connectivity index (χ2n) is 4.61. The van der Waals surface area contributed by atoms with Gasteiger partial charge in [-0.3, -0.25) is 0 Å². The maximum absolute atomic E-state index is 3.57. The molecule has 1 heterocycles. The zero-order chi connectivity index (χ0) is 10.8. The number of hydrogen-bond donors (Lipinski definition) is 1. The first-order chi connectivity index (χ1) is 7.16. The smallest absolute Gasteiger partial charge is 0.0449 e. The molecule has 1 saturated heterocycles. The van der Waals surface area contributed by atoms with Gasteiger partial charge in [0.2, 0.25) is 0 Å². The molecule has 1 atom stereocenters. The first-order valence-electron chi connectivity index (χ1n) is 5.66. The van der Waals surface area contributed by atoms with Crippen LogP contribution in [0, 0.1) is 13.8 Å². The van der Waals surface area contributed by atoms with Crippen LogP contribution in [0.25, 0.3) is 0 Å². The third kappa shape index (κ3) is 2.39. The molecule has 1 aliphatic rings. The van der Waals surface area contributed by atoms with Crippen molar-refractivity contribution < 1.29 is 0 Å². The average molecular weight is 204 g/mol. The molecule has 0 spiro atoms. The Kier molecular flexibility index (Phi) is 3.08. The van der Waals surface area contributed by atoms with Crippen molar-refractivity contribution in [2.75, 3.05) is 26.7 Å². The monoisotopic (exact) mass is 204 g/mol. The summed E-state index contributed by atoms with van der Waals surface area (Å²) in [4.78, 5) is 2.39. The molecule has 1 N–H and O–H groups in total. The molecule has 0 amide bonds. The minimum atomic E-state index is 0.503. The maximum Gasteiger partial charge on any atom is 0.0449 e. The van der Waals surface area contributed by atoms with Gasteiger partial charge < -0.3 is 10.2 Å². The number of benzene rings is 1. The van der Waals surface area contributed by atoms with Crippen molar-refractivity contribution in [1.82, 2.24) is 10.2 Å². The van der Waals surface area contributed by atoms with Gasteiger partial charge >= 0.3 is 0 Å². The van der Waals surface area contributed by atoms with Gasteiger partial charge in [-0.25, -0.2) is 0 Å². The first kappa shape index (κ1) is 10.7. The predicted molar refractivity (Wildman–Crippen MR) is 64.2 cm³/mol. The lowest BCUT2D eigenvalue weighted by Crippen LogP contribution is -2.43. The van der Waals surface area contributed by atoms with E-state index in [1.165, 1.54) is 16.7 Å². The topological polar surface area (TPSA) is 15.3 Å². The van der Waals surface area contributed by atoms with Crippen LogP contribution in [0.5, 0.6) is 0 Å². The van der Waals surface area contributed by atoms with Gasteiger partial charge in [-0.05, 0) is 37.6 Å². The summed E-state index contributed by atoms with van der Waals surface area (Å²) < 4.78 is 0. The molecule has 82 valence electrons. The molecule has 1 fully saturated rings. The Hall–Kier alpha value is -0.860. The zero-order valence-corrected chi connectivity index (χ0v) is 9.88. The van der Waals surface area contributed by atoms with E-state index in [0.29, 0.717) is 6.04 Å². The fourth-order valence-corrected chi connectivity index (χ4v) is 2.10. The molecule has 15 heavy (non-hydrogen) atoms. The second kappa shape index (κ2) is 4.33. The number of hydrogen-bond acceptors (Lipinski definition) is 2. The number of aryl methyl sites for hydroxylation is 2. The van der Waals surface area contributed by atoms with E-state index in [9.17, 15) is 0 Å². The van der Waals surface area contributed by atoms with E-state index < -0.39 is 0 Å². The fraction of sp³-hybridized carbons (Fsp3) is 0.538. The van der Waals surface area contributed by atoms with Crippen LogP contribution in [-0.2, 0) is 0 Å². The number of nitrogens with one attached hydrogen (secondary N) is 1. The van der Waals surface area contributed by atoms with Gasteiger partial charge in [0.05, 0.1) is 0 Å². The molecular formula is C13H20N2. The quantitative estimate of drug-likeness (QED) is 0.751. The highest BCUT2D eigenvalue weighted by Gasteiger charge is 2.17. The molecule has 0 aliphatic carbocycles. The summed E-state index contributed by atoms with van der Waals surface area (Å²) in [7, 11) is 2.19. The highest BCUT2D eigenvalue weighted by molar-refractivity contribution is 5.32. The van der Waals surface area contributed by atoms with Crippen molar-refractivity contribution in [3.63, 3.8) is 0 Å². The Labute approximate surface area is 92.3 Å². The van der Waals surface area contributed by atoms with Crippen LogP contribution in [0.2, 0.25) is 0 Å². The molecule has 1 unspecified atom stereocenters. The summed E-state index contributed by atoms with van der Waals surface area (Å²) in [6, 6.07) is 7.29. The number of likely N-dealkylation sites (N-methyl/N-ethyl adjacent to an activating group) is 1. The van der Waals surface area contributed by atoms with Crippen molar-refractivity contribution in [3.8, 4) is 0 Å². The SMILES string of the molecule is Cc1ccc(C2CN(C)CCN2)cc1C. The van der Waals surface area contributed by atoms with Crippen molar-refractivity contribution in [1.29, 1.82) is 0 Å². The number of piperazine rings is 1. The van der Waals surface area contributed by atoms with Crippen LogP contribution in [-0.4, -0.2) is 31.6 Å². The lowest BCUT2D eigenvalue weighted by Gasteiger charge is -2.31. The molecule has 1 aliphatic heterocycles. The summed E-state index contributed by atoms with van der Waals surface area (Å²) in [5.74, 6) is 0. The zero-order valence-electron chi connectivity index (χ0n) is 9.88. The average Bonchev–Trinajstić information content (AvgIpc) is 2.22. The maximum atomic E-state index is 3.57. The molecule has 1 aromatic rings. The van der Waals surface area contributed by atoms with E-state index in [0.717, 1.165) is 19.6 Å². The number of nitrogens with zero attached hydrogens (tertiary/aromatic N) is 1. The largest absolute Gasteiger partial charge is 0.308 e. The van der Waals surface area contributed by atoms with Crippen LogP contribution in [0.15, 0.2) is 18.2 Å². The second-order valence-corrected chi connectivity index (χ2v) is 4.61. The van der Waals surface area contributed by atoms with E-state index in [1.807, 2.05) is 0 Å². The van der Waals surface area contributed by atoms with Gasteiger partial charge in [0.15, 0.2) is 0 Å². The molecule has 0 radical (unpaired) electrons. The summed E-state index contributed by atoms with van der Waals surface area (Å²) in [5.41, 5.74) is 4.19. The summed E-state index contributed by atoms with van der Waals surface area (Å²) in [5, 5.41) is 3.57. The summed E-state index contributed by atoms with van der Waals surface area (Å²) in [6.45, 7) is 7.71. The van der Waals surface area contributed by atoms with Gasteiger partial charge in [0, 0.05) is 25.7 Å². The predicted octanol–water partition coefficient (Wildman–Crippen LogP) is 1.88. The minimum absolute atomic E-state index is 0.503. The van der Waals surface area contributed by atoms with Gasteiger partial charge in [0.1, 0.15) is 0 Å². The lowest BCUT2D eigenvalue weighted by molar-refractivity contribution is 0.241. The molecule has 2 nitrogen and oxygen atoms in total. The Morgan fingerprint density at radius 1 is 1.27 bits per heavy atom. The molecule has 2 rings (SSSR count). The Morgan fingerprint density at radius 2 is 2.07 bits per heavy atom. The normalized spacial score (nSPS) is 23.0. The Balaban J connectivity index is 2.18. The van der Waals surface area contributed by atoms with Crippen LogP contribution in [0.1, 0.15) is 22.7 Å². The minimum Gasteiger partial charge on any atom is -0.308 e. The van der Waals surface area contributed by atoms with Gasteiger partial charge in [-0.2, -0.15) is 0 Å². The fourth-order valence-electron chi connectivity index (χ4n) is 2.10. The third-order valence-electron chi connectivity index (χ3n) is 3.31. The van der Waals surface area contributed by atoms with Gasteiger partial charge in [-0.15, -0.1) is 0 Å². The van der Waals surface area contributed by atoms with E-state index in [4.69, 9.17) is 0 Å². The van der Waals surface area contributed by atoms with Crippen LogP contribution < -0.4 is 5.32 Å². The van der Waals surface area contributed by atoms with Crippen molar-refractivity contribution >= 4 is 0 Å². The molecular weight excluding hydrogens is 184 g/mol. The van der Waals surface area contributed by atoms with Gasteiger partial charge in [-0.1, -0.05) is 18.2 Å². The van der Waals surface area contributed by atoms with Crippen LogP contribution >= 0.6 is 0 Å². The third-order valence-corrected chi connectivity index (χ3v) is 3.31. The van der Waals surface area contributed by atoms with Crippen molar-refractivity contribution in [2.45, 2.75) is 19.9 Å². The molecule has 2 heteroatoms. The van der Waals surface area contributed by atoms with E-state index >= 15 is 0 Å². The Morgan fingerprint density at radius 3 is 2.73 bits per heavy atom. The molecule has 0 saturated carbocycles. The summed E-state index contributed by atoms with van der Waals surface area (Å²) >= 11 is 0. The van der Waals surface area contributed by atoms with Crippen molar-refractivity contribution in [2.24, 2.45) is 0 Å². The standard InChI is InChI=1S/C13H20N2/c1-10-4-5-12(8-11(10)2)13-9-15(3)7-6-14-13/h4-5,8,13-14H,6-7,9H2,1-3H3. The first-order valence-corrected chi connectivity index (χ1v) is 5.66. The molecule has 1 aromatic carbocycles. The molecule has 0 bridgehead atoms. The number of rotatable bonds is 1. The molecule has 0 aromatic heterocycles. The lowest BCUT2D eigenvalue weighted by atomic mass is 10.00. The van der Waals surface area contributed by atoms with E-state index in [2.05, 4.69) is 49.3 Å². The highest BCUT2D eigenvalue weighted by atomic mass is 15.2. The Bertz CT molecular complexity index is 346. The van der Waals surface area contributed by atoms with E-state index in [1.54, 1.807) is 0 Å². The van der Waals surface area contributed by atoms with Crippen molar-refractivity contribution in [3.05, 3.63) is 34.9 Å². The van der Waals surface area contributed by atoms with E-state index in [-0.39, 0.29) is 0 Å². The van der Waals surface area contributed by atoms with Gasteiger partial charge in [0.25, 0.3) is 0 Å². The summed E-state index contributed by atoms with van der Waals surface area (Å²) in [6.07, 6.45) is 0. The highest BCUT2D eigenvalue weighted by Crippen LogP contribution is 2.19. The van der Waals surface area contributed by atoms with Crippen LogP contribution in [0.4, 0.5) is 0 Å². The van der Waals surface area contributed by atoms with Crippen LogP contribution in [0.3, 0.4) is 0 Å².